The van der Waals surface area contributed by atoms with E-state index in [0.29, 0.717) is 10.9 Å². The number of nitrogens with one attached hydrogen (secondary N) is 1. The Morgan fingerprint density at radius 1 is 1.47 bits per heavy atom. The first kappa shape index (κ1) is 13.5. The first-order valence-corrected chi connectivity index (χ1v) is 6.40. The van der Waals surface area contributed by atoms with Gasteiger partial charge in [0.1, 0.15) is 4.92 Å². The van der Waals surface area contributed by atoms with Crippen LogP contribution in [0, 0.1) is 10.1 Å². The molecular formula is C11H14N4O3S. The van der Waals surface area contributed by atoms with Gasteiger partial charge in [-0.1, -0.05) is 0 Å². The van der Waals surface area contributed by atoms with Crippen molar-refractivity contribution in [2.75, 3.05) is 13.1 Å². The van der Waals surface area contributed by atoms with Crippen molar-refractivity contribution in [2.45, 2.75) is 19.3 Å². The van der Waals surface area contributed by atoms with E-state index >= 15 is 0 Å². The van der Waals surface area contributed by atoms with E-state index in [2.05, 4.69) is 15.4 Å². The SMILES string of the molecule is O=[N+]([O-])c1ccc(C=NNC(=S)N2CCCCC2)o1. The summed E-state index contributed by atoms with van der Waals surface area (Å²) < 4.78 is 4.93. The molecule has 7 nitrogen and oxygen atoms in total. The molecule has 1 fully saturated rings. The predicted octanol–water partition coefficient (Wildman–Crippen LogP) is 1.88. The molecule has 0 amide bonds. The van der Waals surface area contributed by atoms with E-state index in [1.165, 1.54) is 24.8 Å². The first-order valence-electron chi connectivity index (χ1n) is 5.99. The minimum atomic E-state index is -0.594. The summed E-state index contributed by atoms with van der Waals surface area (Å²) in [6.45, 7) is 1.88. The normalized spacial score (nSPS) is 15.7. The largest absolute Gasteiger partial charge is 0.433 e. The van der Waals surface area contributed by atoms with Gasteiger partial charge in [-0.2, -0.15) is 5.10 Å². The van der Waals surface area contributed by atoms with Gasteiger partial charge in [0, 0.05) is 13.1 Å². The molecule has 2 heterocycles. The Morgan fingerprint density at radius 2 is 2.21 bits per heavy atom. The fraction of sp³-hybridized carbons (Fsp3) is 0.455. The van der Waals surface area contributed by atoms with Crippen LogP contribution in [-0.4, -0.2) is 34.2 Å². The van der Waals surface area contributed by atoms with Crippen molar-refractivity contribution in [3.05, 3.63) is 28.0 Å². The predicted molar refractivity (Wildman–Crippen MR) is 74.1 cm³/mol. The van der Waals surface area contributed by atoms with Crippen molar-refractivity contribution >= 4 is 29.4 Å². The number of nitro groups is 1. The van der Waals surface area contributed by atoms with Crippen LogP contribution in [-0.2, 0) is 0 Å². The number of likely N-dealkylation sites (tertiary alicyclic amines) is 1. The second-order valence-electron chi connectivity index (χ2n) is 4.16. The standard InChI is InChI=1S/C11H14N4O3S/c16-15(17)10-5-4-9(18-10)8-12-13-11(19)14-6-2-1-3-7-14/h4-5,8H,1-3,6-7H2,(H,13,19). The number of hydrogen-bond donors (Lipinski definition) is 1. The Bertz CT molecular complexity index is 494. The molecule has 0 unspecified atom stereocenters. The Kier molecular flexibility index (Phi) is 4.45. The third-order valence-electron chi connectivity index (χ3n) is 2.79. The van der Waals surface area contributed by atoms with Crippen molar-refractivity contribution in [2.24, 2.45) is 5.10 Å². The number of furan rings is 1. The molecule has 102 valence electrons. The molecule has 0 aliphatic carbocycles. The summed E-state index contributed by atoms with van der Waals surface area (Å²) in [5, 5.41) is 14.9. The Hall–Kier alpha value is -1.96. The maximum atomic E-state index is 10.4. The van der Waals surface area contributed by atoms with Gasteiger partial charge in [-0.3, -0.25) is 15.5 Å². The summed E-state index contributed by atoms with van der Waals surface area (Å²) in [6, 6.07) is 2.76. The van der Waals surface area contributed by atoms with Gasteiger partial charge in [-0.15, -0.1) is 0 Å². The average molecular weight is 282 g/mol. The topological polar surface area (TPSA) is 83.9 Å². The molecule has 0 spiro atoms. The highest BCUT2D eigenvalue weighted by Crippen LogP contribution is 2.13. The number of hydrazone groups is 1. The Balaban J connectivity index is 1.84. The zero-order valence-electron chi connectivity index (χ0n) is 10.2. The van der Waals surface area contributed by atoms with E-state index in [-0.39, 0.29) is 5.88 Å². The molecule has 0 aromatic carbocycles. The second kappa shape index (κ2) is 6.28. The van der Waals surface area contributed by atoms with Gasteiger partial charge in [0.2, 0.25) is 0 Å². The highest BCUT2D eigenvalue weighted by molar-refractivity contribution is 7.80. The molecule has 1 aromatic heterocycles. The summed E-state index contributed by atoms with van der Waals surface area (Å²) in [4.78, 5) is 11.9. The van der Waals surface area contributed by atoms with Crippen LogP contribution in [0.15, 0.2) is 21.7 Å². The number of rotatable bonds is 3. The van der Waals surface area contributed by atoms with Gasteiger partial charge in [0.05, 0.1) is 12.3 Å². The molecule has 2 rings (SSSR count). The number of thiocarbonyl (C=S) groups is 1. The third-order valence-corrected chi connectivity index (χ3v) is 3.14. The number of piperidine rings is 1. The molecule has 0 bridgehead atoms. The van der Waals surface area contributed by atoms with E-state index < -0.39 is 4.92 Å². The second-order valence-corrected chi connectivity index (χ2v) is 4.54. The molecule has 1 aliphatic rings. The zero-order chi connectivity index (χ0) is 13.7. The van der Waals surface area contributed by atoms with Crippen LogP contribution in [0.25, 0.3) is 0 Å². The third kappa shape index (κ3) is 3.75. The van der Waals surface area contributed by atoms with E-state index in [1.807, 2.05) is 0 Å². The quantitative estimate of drug-likeness (QED) is 0.394. The van der Waals surface area contributed by atoms with Crippen LogP contribution in [0.3, 0.4) is 0 Å². The maximum Gasteiger partial charge on any atom is 0.433 e. The molecule has 0 radical (unpaired) electrons. The lowest BCUT2D eigenvalue weighted by Gasteiger charge is -2.28. The van der Waals surface area contributed by atoms with Gasteiger partial charge in [-0.25, -0.2) is 0 Å². The van der Waals surface area contributed by atoms with E-state index in [0.717, 1.165) is 25.9 Å². The van der Waals surface area contributed by atoms with Crippen LogP contribution >= 0.6 is 12.2 Å². The summed E-state index contributed by atoms with van der Waals surface area (Å²) in [6.07, 6.45) is 4.87. The summed E-state index contributed by atoms with van der Waals surface area (Å²) in [7, 11) is 0. The minimum absolute atomic E-state index is 0.306. The monoisotopic (exact) mass is 282 g/mol. The van der Waals surface area contributed by atoms with Crippen molar-refractivity contribution in [3.8, 4) is 0 Å². The molecule has 0 saturated carbocycles. The fourth-order valence-corrected chi connectivity index (χ4v) is 2.06. The molecule has 8 heteroatoms. The Morgan fingerprint density at radius 3 is 2.84 bits per heavy atom. The minimum Gasteiger partial charge on any atom is -0.400 e. The Labute approximate surface area is 115 Å². The van der Waals surface area contributed by atoms with Crippen LogP contribution in [0.5, 0.6) is 0 Å². The zero-order valence-corrected chi connectivity index (χ0v) is 11.1. The van der Waals surface area contributed by atoms with Crippen LogP contribution in [0.2, 0.25) is 0 Å². The highest BCUT2D eigenvalue weighted by Gasteiger charge is 2.13. The van der Waals surface area contributed by atoms with Crippen molar-refractivity contribution in [1.82, 2.24) is 10.3 Å². The fourth-order valence-electron chi connectivity index (χ4n) is 1.83. The van der Waals surface area contributed by atoms with Gasteiger partial charge < -0.3 is 9.32 Å². The number of nitrogens with zero attached hydrogens (tertiary/aromatic N) is 3. The lowest BCUT2D eigenvalue weighted by atomic mass is 10.1. The average Bonchev–Trinajstić information content (AvgIpc) is 2.89. The summed E-state index contributed by atoms with van der Waals surface area (Å²) >= 11 is 5.20. The van der Waals surface area contributed by atoms with Crippen molar-refractivity contribution in [1.29, 1.82) is 0 Å². The van der Waals surface area contributed by atoms with Gasteiger partial charge in [-0.05, 0) is 37.5 Å². The summed E-state index contributed by atoms with van der Waals surface area (Å²) in [5.41, 5.74) is 2.74. The van der Waals surface area contributed by atoms with Crippen LogP contribution < -0.4 is 5.43 Å². The van der Waals surface area contributed by atoms with Gasteiger partial charge >= 0.3 is 5.88 Å². The number of hydrogen-bond acceptors (Lipinski definition) is 5. The van der Waals surface area contributed by atoms with E-state index in [1.54, 1.807) is 0 Å². The molecule has 1 saturated heterocycles. The van der Waals surface area contributed by atoms with Crippen molar-refractivity contribution in [3.63, 3.8) is 0 Å². The van der Waals surface area contributed by atoms with Crippen LogP contribution in [0.4, 0.5) is 5.88 Å². The molecule has 0 atom stereocenters. The molecule has 19 heavy (non-hydrogen) atoms. The highest BCUT2D eigenvalue weighted by atomic mass is 32.1. The lowest BCUT2D eigenvalue weighted by Crippen LogP contribution is -2.40. The molecule has 1 N–H and O–H groups in total. The molecule has 1 aliphatic heterocycles. The van der Waals surface area contributed by atoms with Gasteiger partial charge in [0.15, 0.2) is 10.9 Å². The van der Waals surface area contributed by atoms with Gasteiger partial charge in [0.25, 0.3) is 0 Å². The van der Waals surface area contributed by atoms with Crippen LogP contribution in [0.1, 0.15) is 25.0 Å². The smallest absolute Gasteiger partial charge is 0.400 e. The summed E-state index contributed by atoms with van der Waals surface area (Å²) in [5.74, 6) is 0.000649. The molecule has 1 aromatic rings. The van der Waals surface area contributed by atoms with E-state index in [9.17, 15) is 10.1 Å². The molecular weight excluding hydrogens is 268 g/mol. The van der Waals surface area contributed by atoms with E-state index in [4.69, 9.17) is 16.6 Å². The first-order chi connectivity index (χ1) is 9.16. The maximum absolute atomic E-state index is 10.4. The van der Waals surface area contributed by atoms with Crippen molar-refractivity contribution < 1.29 is 9.34 Å². The lowest BCUT2D eigenvalue weighted by molar-refractivity contribution is -0.402.